The Morgan fingerprint density at radius 3 is 2.04 bits per heavy atom. The number of ketones is 1. The van der Waals surface area contributed by atoms with E-state index in [2.05, 4.69) is 0 Å². The van der Waals surface area contributed by atoms with Gasteiger partial charge < -0.3 is 9.47 Å². The zero-order chi connectivity index (χ0) is 20.4. The van der Waals surface area contributed by atoms with Gasteiger partial charge in [-0.2, -0.15) is 0 Å². The van der Waals surface area contributed by atoms with Crippen LogP contribution in [0.3, 0.4) is 0 Å². The maximum atomic E-state index is 12.9. The first-order chi connectivity index (χ1) is 12.5. The van der Waals surface area contributed by atoms with E-state index >= 15 is 0 Å². The predicted molar refractivity (Wildman–Crippen MR) is 107 cm³/mol. The second kappa shape index (κ2) is 8.13. The monoisotopic (exact) mass is 388 g/mol. The van der Waals surface area contributed by atoms with Crippen molar-refractivity contribution in [2.75, 3.05) is 0 Å². The average molecular weight is 389 g/mol. The van der Waals surface area contributed by atoms with Gasteiger partial charge in [0.15, 0.2) is 11.4 Å². The SMILES string of the molecule is Cc1cc(Cl)ccc1C(=O)c1ccc(OC(C)(C)C(=O)OC(C)C)cc1C. The van der Waals surface area contributed by atoms with Crippen LogP contribution in [-0.4, -0.2) is 23.5 Å². The Morgan fingerprint density at radius 1 is 0.963 bits per heavy atom. The molecule has 0 saturated carbocycles. The summed E-state index contributed by atoms with van der Waals surface area (Å²) in [7, 11) is 0. The second-order valence-electron chi connectivity index (χ2n) is 7.33. The van der Waals surface area contributed by atoms with Gasteiger partial charge in [-0.3, -0.25) is 4.79 Å². The van der Waals surface area contributed by atoms with Crippen molar-refractivity contribution in [2.45, 2.75) is 53.2 Å². The predicted octanol–water partition coefficient (Wildman–Crippen LogP) is 5.30. The molecule has 0 atom stereocenters. The third-order valence-corrected chi connectivity index (χ3v) is 4.32. The van der Waals surface area contributed by atoms with Gasteiger partial charge >= 0.3 is 5.97 Å². The Bertz CT molecular complexity index is 869. The van der Waals surface area contributed by atoms with Crippen LogP contribution in [0.1, 0.15) is 54.7 Å². The first-order valence-electron chi connectivity index (χ1n) is 8.83. The molecule has 0 spiro atoms. The van der Waals surface area contributed by atoms with Crippen molar-refractivity contribution in [3.63, 3.8) is 0 Å². The standard InChI is InChI=1S/C22H25ClO4/c1-13(2)26-21(25)22(5,6)27-17-8-10-19(15(4)12-17)20(24)18-9-7-16(23)11-14(18)3/h7-13H,1-6H3. The molecule has 0 radical (unpaired) electrons. The zero-order valence-corrected chi connectivity index (χ0v) is 17.3. The van der Waals surface area contributed by atoms with Crippen molar-refractivity contribution < 1.29 is 19.1 Å². The third-order valence-electron chi connectivity index (χ3n) is 4.08. The van der Waals surface area contributed by atoms with Crippen LogP contribution in [0.4, 0.5) is 0 Å². The molecule has 2 rings (SSSR count). The number of carbonyl (C=O) groups is 2. The van der Waals surface area contributed by atoms with Crippen LogP contribution in [0.15, 0.2) is 36.4 Å². The summed E-state index contributed by atoms with van der Waals surface area (Å²) in [5.41, 5.74) is 1.65. The number of hydrogen-bond donors (Lipinski definition) is 0. The highest BCUT2D eigenvalue weighted by molar-refractivity contribution is 6.30. The van der Waals surface area contributed by atoms with E-state index in [4.69, 9.17) is 21.1 Å². The molecule has 0 aliphatic carbocycles. The van der Waals surface area contributed by atoms with Crippen LogP contribution < -0.4 is 4.74 Å². The molecule has 0 amide bonds. The highest BCUT2D eigenvalue weighted by atomic mass is 35.5. The summed E-state index contributed by atoms with van der Waals surface area (Å²) in [5, 5.41) is 0.597. The Hall–Kier alpha value is -2.33. The van der Waals surface area contributed by atoms with Gasteiger partial charge in [0.05, 0.1) is 6.10 Å². The Morgan fingerprint density at radius 2 is 1.52 bits per heavy atom. The van der Waals surface area contributed by atoms with E-state index in [-0.39, 0.29) is 11.9 Å². The summed E-state index contributed by atoms with van der Waals surface area (Å²) >= 11 is 5.97. The molecule has 4 nitrogen and oxygen atoms in total. The van der Waals surface area contributed by atoms with Gasteiger partial charge in [0.2, 0.25) is 0 Å². The minimum atomic E-state index is -1.13. The fourth-order valence-electron chi connectivity index (χ4n) is 2.67. The van der Waals surface area contributed by atoms with Crippen molar-refractivity contribution in [3.8, 4) is 5.75 Å². The van der Waals surface area contributed by atoms with Crippen LogP contribution >= 0.6 is 11.6 Å². The molecule has 0 aliphatic rings. The van der Waals surface area contributed by atoms with Gasteiger partial charge in [-0.15, -0.1) is 0 Å². The van der Waals surface area contributed by atoms with E-state index in [1.807, 2.05) is 13.8 Å². The molecule has 0 unspecified atom stereocenters. The number of esters is 1. The summed E-state index contributed by atoms with van der Waals surface area (Å²) < 4.78 is 11.1. The van der Waals surface area contributed by atoms with E-state index in [0.29, 0.717) is 21.9 Å². The molecule has 2 aromatic rings. The highest BCUT2D eigenvalue weighted by Crippen LogP contribution is 2.26. The molecule has 144 valence electrons. The number of halogens is 1. The molecule has 0 heterocycles. The first kappa shape index (κ1) is 21.0. The van der Waals surface area contributed by atoms with E-state index in [9.17, 15) is 9.59 Å². The molecule has 2 aromatic carbocycles. The molecule has 0 aliphatic heterocycles. The van der Waals surface area contributed by atoms with Crippen LogP contribution in [0.2, 0.25) is 5.02 Å². The van der Waals surface area contributed by atoms with Crippen LogP contribution in [-0.2, 0) is 9.53 Å². The lowest BCUT2D eigenvalue weighted by molar-refractivity contribution is -0.163. The largest absolute Gasteiger partial charge is 0.476 e. The average Bonchev–Trinajstić information content (AvgIpc) is 2.53. The summed E-state index contributed by atoms with van der Waals surface area (Å²) in [6.45, 7) is 10.6. The highest BCUT2D eigenvalue weighted by Gasteiger charge is 2.32. The number of rotatable bonds is 6. The number of hydrogen-bond acceptors (Lipinski definition) is 4. The van der Waals surface area contributed by atoms with E-state index in [0.717, 1.165) is 11.1 Å². The molecule has 0 bridgehead atoms. The van der Waals surface area contributed by atoms with E-state index in [1.165, 1.54) is 0 Å². The number of benzene rings is 2. The van der Waals surface area contributed by atoms with Gasteiger partial charge in [-0.05, 0) is 89.1 Å². The quantitative estimate of drug-likeness (QED) is 0.498. The van der Waals surface area contributed by atoms with E-state index in [1.54, 1.807) is 64.1 Å². The van der Waals surface area contributed by atoms with Crippen molar-refractivity contribution >= 4 is 23.4 Å². The van der Waals surface area contributed by atoms with Crippen molar-refractivity contribution in [3.05, 3.63) is 63.7 Å². The second-order valence-corrected chi connectivity index (χ2v) is 7.77. The summed E-state index contributed by atoms with van der Waals surface area (Å²) in [6.07, 6.45) is -0.218. The number of carbonyl (C=O) groups excluding carboxylic acids is 2. The zero-order valence-electron chi connectivity index (χ0n) is 16.6. The minimum Gasteiger partial charge on any atom is -0.476 e. The lowest BCUT2D eigenvalue weighted by Gasteiger charge is -2.25. The third kappa shape index (κ3) is 5.10. The summed E-state index contributed by atoms with van der Waals surface area (Å²) in [4.78, 5) is 25.0. The Balaban J connectivity index is 2.25. The fraction of sp³-hybridized carbons (Fsp3) is 0.364. The molecule has 0 aromatic heterocycles. The smallest absolute Gasteiger partial charge is 0.350 e. The molecule has 0 saturated heterocycles. The minimum absolute atomic E-state index is 0.0771. The molecule has 0 fully saturated rings. The molecular weight excluding hydrogens is 364 g/mol. The maximum Gasteiger partial charge on any atom is 0.350 e. The summed E-state index contributed by atoms with van der Waals surface area (Å²) in [5.74, 6) is -0.0126. The maximum absolute atomic E-state index is 12.9. The van der Waals surface area contributed by atoms with Crippen molar-refractivity contribution in [2.24, 2.45) is 0 Å². The molecule has 27 heavy (non-hydrogen) atoms. The fourth-order valence-corrected chi connectivity index (χ4v) is 2.90. The number of aryl methyl sites for hydroxylation is 2. The lowest BCUT2D eigenvalue weighted by Crippen LogP contribution is -2.40. The normalized spacial score (nSPS) is 11.4. The van der Waals surface area contributed by atoms with E-state index < -0.39 is 11.6 Å². The van der Waals surface area contributed by atoms with Gasteiger partial charge in [-0.25, -0.2) is 4.79 Å². The van der Waals surface area contributed by atoms with Crippen LogP contribution in [0.25, 0.3) is 0 Å². The van der Waals surface area contributed by atoms with Crippen molar-refractivity contribution in [1.82, 2.24) is 0 Å². The van der Waals surface area contributed by atoms with Crippen LogP contribution in [0, 0.1) is 13.8 Å². The van der Waals surface area contributed by atoms with Crippen molar-refractivity contribution in [1.29, 1.82) is 0 Å². The van der Waals surface area contributed by atoms with Gasteiger partial charge in [0, 0.05) is 16.1 Å². The first-order valence-corrected chi connectivity index (χ1v) is 9.20. The van der Waals surface area contributed by atoms with Gasteiger partial charge in [0.1, 0.15) is 5.75 Å². The molecule has 5 heteroatoms. The molecular formula is C22H25ClO4. The van der Waals surface area contributed by atoms with Crippen LogP contribution in [0.5, 0.6) is 5.75 Å². The topological polar surface area (TPSA) is 52.6 Å². The lowest BCUT2D eigenvalue weighted by atomic mass is 9.96. The summed E-state index contributed by atoms with van der Waals surface area (Å²) in [6, 6.07) is 10.4. The molecule has 0 N–H and O–H groups in total. The Kier molecular flexibility index (Phi) is 6.32. The number of ether oxygens (including phenoxy) is 2. The van der Waals surface area contributed by atoms with Gasteiger partial charge in [0.25, 0.3) is 0 Å². The van der Waals surface area contributed by atoms with Gasteiger partial charge in [-0.1, -0.05) is 11.6 Å². The Labute approximate surface area is 165 Å².